The van der Waals surface area contributed by atoms with Crippen molar-refractivity contribution in [3.8, 4) is 0 Å². The van der Waals surface area contributed by atoms with Crippen LogP contribution < -0.4 is 10.2 Å². The van der Waals surface area contributed by atoms with Gasteiger partial charge in [-0.25, -0.2) is 4.79 Å². The summed E-state index contributed by atoms with van der Waals surface area (Å²) in [6.45, 7) is 4.07. The standard InChI is InChI=1S/C23H24ClN3O3/c1-15-12-18(24)7-8-20(15)21(28)17-5-3-10-26(14-17)22(29)16-4-2-6-19(13-16)27-11-9-25-23(27)30/h2,4,6-8,12-13,17H,3,5,9-11,14H2,1H3,(H,25,30). The smallest absolute Gasteiger partial charge is 0.321 e. The number of carbonyl (C=O) groups excluding carboxylic acids is 3. The van der Waals surface area contributed by atoms with E-state index in [-0.39, 0.29) is 23.6 Å². The molecule has 1 atom stereocenters. The first-order valence-corrected chi connectivity index (χ1v) is 10.6. The summed E-state index contributed by atoms with van der Waals surface area (Å²) in [6, 6.07) is 12.3. The topological polar surface area (TPSA) is 69.7 Å². The molecule has 30 heavy (non-hydrogen) atoms. The Kier molecular flexibility index (Phi) is 5.77. The number of carbonyl (C=O) groups is 3. The van der Waals surface area contributed by atoms with Gasteiger partial charge in [0.1, 0.15) is 0 Å². The maximum Gasteiger partial charge on any atom is 0.321 e. The van der Waals surface area contributed by atoms with E-state index < -0.39 is 0 Å². The van der Waals surface area contributed by atoms with Gasteiger partial charge in [0.05, 0.1) is 0 Å². The van der Waals surface area contributed by atoms with E-state index in [0.29, 0.717) is 48.0 Å². The predicted molar refractivity (Wildman–Crippen MR) is 116 cm³/mol. The van der Waals surface area contributed by atoms with Crippen molar-refractivity contribution in [1.82, 2.24) is 10.2 Å². The molecule has 2 saturated heterocycles. The molecule has 6 nitrogen and oxygen atoms in total. The van der Waals surface area contributed by atoms with Gasteiger partial charge in [-0.05, 0) is 61.7 Å². The van der Waals surface area contributed by atoms with Crippen LogP contribution in [0.15, 0.2) is 42.5 Å². The zero-order valence-corrected chi connectivity index (χ0v) is 17.6. The van der Waals surface area contributed by atoms with Crippen LogP contribution in [0.5, 0.6) is 0 Å². The maximum absolute atomic E-state index is 13.1. The maximum atomic E-state index is 13.1. The average molecular weight is 426 g/mol. The van der Waals surface area contributed by atoms with Crippen molar-refractivity contribution in [2.75, 3.05) is 31.1 Å². The summed E-state index contributed by atoms with van der Waals surface area (Å²) < 4.78 is 0. The van der Waals surface area contributed by atoms with E-state index in [1.807, 2.05) is 13.0 Å². The van der Waals surface area contributed by atoms with E-state index in [1.165, 1.54) is 0 Å². The van der Waals surface area contributed by atoms with Gasteiger partial charge in [0, 0.05) is 53.9 Å². The molecule has 4 rings (SSSR count). The number of nitrogens with one attached hydrogen (secondary N) is 1. The number of urea groups is 1. The Labute approximate surface area is 180 Å². The van der Waals surface area contributed by atoms with Crippen LogP contribution in [0.3, 0.4) is 0 Å². The zero-order chi connectivity index (χ0) is 21.3. The third kappa shape index (κ3) is 4.05. The number of aryl methyl sites for hydroxylation is 1. The molecule has 0 radical (unpaired) electrons. The summed E-state index contributed by atoms with van der Waals surface area (Å²) in [7, 11) is 0. The third-order valence-electron chi connectivity index (χ3n) is 5.79. The molecule has 7 heteroatoms. The number of hydrogen-bond acceptors (Lipinski definition) is 3. The number of likely N-dealkylation sites (tertiary alicyclic amines) is 1. The molecule has 1 unspecified atom stereocenters. The molecule has 2 heterocycles. The Morgan fingerprint density at radius 1 is 1.13 bits per heavy atom. The zero-order valence-electron chi connectivity index (χ0n) is 16.9. The second kappa shape index (κ2) is 8.48. The first-order chi connectivity index (χ1) is 14.4. The van der Waals surface area contributed by atoms with E-state index in [1.54, 1.807) is 46.2 Å². The number of amides is 3. The van der Waals surface area contributed by atoms with Crippen LogP contribution in [-0.4, -0.2) is 48.8 Å². The van der Waals surface area contributed by atoms with E-state index in [4.69, 9.17) is 11.6 Å². The third-order valence-corrected chi connectivity index (χ3v) is 6.03. The van der Waals surface area contributed by atoms with Gasteiger partial charge >= 0.3 is 6.03 Å². The molecule has 0 aromatic heterocycles. The van der Waals surface area contributed by atoms with Crippen molar-refractivity contribution in [1.29, 1.82) is 0 Å². The fourth-order valence-electron chi connectivity index (χ4n) is 4.21. The van der Waals surface area contributed by atoms with Crippen molar-refractivity contribution in [2.45, 2.75) is 19.8 Å². The molecule has 0 aliphatic carbocycles. The van der Waals surface area contributed by atoms with Gasteiger partial charge in [0.2, 0.25) is 0 Å². The molecule has 2 aromatic rings. The molecule has 1 N–H and O–H groups in total. The summed E-state index contributed by atoms with van der Waals surface area (Å²) in [5, 5.41) is 3.38. The van der Waals surface area contributed by atoms with Crippen LogP contribution in [0.2, 0.25) is 5.02 Å². The second-order valence-electron chi connectivity index (χ2n) is 7.85. The molecule has 156 valence electrons. The number of rotatable bonds is 4. The minimum atomic E-state index is -0.227. The van der Waals surface area contributed by atoms with Gasteiger partial charge < -0.3 is 10.2 Å². The Hall–Kier alpha value is -2.86. The lowest BCUT2D eigenvalue weighted by atomic mass is 9.88. The van der Waals surface area contributed by atoms with E-state index in [0.717, 1.165) is 18.4 Å². The highest BCUT2D eigenvalue weighted by molar-refractivity contribution is 6.30. The van der Waals surface area contributed by atoms with Crippen molar-refractivity contribution < 1.29 is 14.4 Å². The van der Waals surface area contributed by atoms with Gasteiger partial charge in [-0.15, -0.1) is 0 Å². The summed E-state index contributed by atoms with van der Waals surface area (Å²) >= 11 is 6.02. The van der Waals surface area contributed by atoms with Gasteiger partial charge in [0.15, 0.2) is 5.78 Å². The molecule has 2 aliphatic heterocycles. The minimum absolute atomic E-state index is 0.0594. The predicted octanol–water partition coefficient (Wildman–Crippen LogP) is 3.91. The Morgan fingerprint density at radius 2 is 1.97 bits per heavy atom. The monoisotopic (exact) mass is 425 g/mol. The molecule has 0 bridgehead atoms. The number of halogens is 1. The highest BCUT2D eigenvalue weighted by atomic mass is 35.5. The number of nitrogens with zero attached hydrogens (tertiary/aromatic N) is 2. The first kappa shape index (κ1) is 20.4. The van der Waals surface area contributed by atoms with Crippen LogP contribution in [0.25, 0.3) is 0 Å². The number of ketones is 1. The fraction of sp³-hybridized carbons (Fsp3) is 0.348. The van der Waals surface area contributed by atoms with Gasteiger partial charge in [-0.2, -0.15) is 0 Å². The highest BCUT2D eigenvalue weighted by Crippen LogP contribution is 2.26. The van der Waals surface area contributed by atoms with Crippen LogP contribution in [0, 0.1) is 12.8 Å². The molecular formula is C23H24ClN3O3. The Balaban J connectivity index is 1.50. The van der Waals surface area contributed by atoms with Crippen molar-refractivity contribution in [3.63, 3.8) is 0 Å². The fourth-order valence-corrected chi connectivity index (χ4v) is 4.43. The second-order valence-corrected chi connectivity index (χ2v) is 8.28. The number of Topliss-reactive ketones (excluding diaryl/α,β-unsaturated/α-hetero) is 1. The van der Waals surface area contributed by atoms with E-state index >= 15 is 0 Å². The minimum Gasteiger partial charge on any atom is -0.338 e. The summed E-state index contributed by atoms with van der Waals surface area (Å²) in [5.41, 5.74) is 2.76. The van der Waals surface area contributed by atoms with Crippen molar-refractivity contribution >= 4 is 35.0 Å². The first-order valence-electron chi connectivity index (χ1n) is 10.2. The van der Waals surface area contributed by atoms with Crippen LogP contribution >= 0.6 is 11.6 Å². The van der Waals surface area contributed by atoms with Crippen molar-refractivity contribution in [2.24, 2.45) is 5.92 Å². The lowest BCUT2D eigenvalue weighted by molar-refractivity contribution is 0.0636. The highest BCUT2D eigenvalue weighted by Gasteiger charge is 2.30. The largest absolute Gasteiger partial charge is 0.338 e. The summed E-state index contributed by atoms with van der Waals surface area (Å²) in [5.74, 6) is -0.277. The van der Waals surface area contributed by atoms with Gasteiger partial charge in [-0.1, -0.05) is 17.7 Å². The van der Waals surface area contributed by atoms with E-state index in [9.17, 15) is 14.4 Å². The number of anilines is 1. The lowest BCUT2D eigenvalue weighted by Crippen LogP contribution is -2.42. The van der Waals surface area contributed by atoms with Crippen LogP contribution in [0.4, 0.5) is 10.5 Å². The van der Waals surface area contributed by atoms with Gasteiger partial charge in [0.25, 0.3) is 5.91 Å². The Morgan fingerprint density at radius 3 is 2.70 bits per heavy atom. The molecule has 2 aromatic carbocycles. The lowest BCUT2D eigenvalue weighted by Gasteiger charge is -2.32. The molecular weight excluding hydrogens is 402 g/mol. The number of benzene rings is 2. The Bertz CT molecular complexity index is 1010. The molecule has 0 spiro atoms. The normalized spacial score (nSPS) is 19.0. The van der Waals surface area contributed by atoms with Gasteiger partial charge in [-0.3, -0.25) is 14.5 Å². The van der Waals surface area contributed by atoms with Crippen molar-refractivity contribution in [3.05, 3.63) is 64.2 Å². The summed E-state index contributed by atoms with van der Waals surface area (Å²) in [6.07, 6.45) is 1.54. The average Bonchev–Trinajstić information content (AvgIpc) is 3.19. The van der Waals surface area contributed by atoms with Crippen LogP contribution in [-0.2, 0) is 0 Å². The molecule has 2 fully saturated rings. The number of hydrogen-bond donors (Lipinski definition) is 1. The molecule has 0 saturated carbocycles. The SMILES string of the molecule is Cc1cc(Cl)ccc1C(=O)C1CCCN(C(=O)c2cccc(N3CCNC3=O)c2)C1. The van der Waals surface area contributed by atoms with E-state index in [2.05, 4.69) is 5.32 Å². The van der Waals surface area contributed by atoms with Crippen LogP contribution in [0.1, 0.15) is 39.1 Å². The number of piperidine rings is 1. The quantitative estimate of drug-likeness (QED) is 0.755. The summed E-state index contributed by atoms with van der Waals surface area (Å²) in [4.78, 5) is 41.5. The molecule has 2 aliphatic rings. The molecule has 3 amide bonds.